The van der Waals surface area contributed by atoms with Crippen molar-refractivity contribution in [3.63, 3.8) is 0 Å². The van der Waals surface area contributed by atoms with Crippen LogP contribution in [0.4, 0.5) is 33.5 Å². The predicted molar refractivity (Wildman–Crippen MR) is 114 cm³/mol. The minimum Gasteiger partial charge on any atom is -0.453 e. The number of hydrogen-bond donors (Lipinski definition) is 2. The van der Waals surface area contributed by atoms with Crippen LogP contribution in [0.3, 0.4) is 0 Å². The number of carbonyl (C=O) groups is 1. The van der Waals surface area contributed by atoms with Gasteiger partial charge in [0.25, 0.3) is 5.91 Å². The Bertz CT molecular complexity index is 1410. The molecule has 1 aromatic carbocycles. The smallest absolute Gasteiger partial charge is 0.434 e. The van der Waals surface area contributed by atoms with Crippen LogP contribution in [0.1, 0.15) is 16.1 Å². The number of alkyl halides is 3. The van der Waals surface area contributed by atoms with Crippen LogP contribution >= 0.6 is 11.6 Å². The van der Waals surface area contributed by atoms with Gasteiger partial charge in [0.15, 0.2) is 28.8 Å². The van der Waals surface area contributed by atoms with Gasteiger partial charge >= 0.3 is 6.18 Å². The SMILES string of the molecule is Nc1nccc(Oc2ccc(NC(=O)c3cnn(-c4ccc(F)cn4)c3C(F)(F)F)cc2F)c1Cl. The summed E-state index contributed by atoms with van der Waals surface area (Å²) in [5, 5.41) is 5.70. The maximum atomic E-state index is 14.5. The average molecular weight is 511 g/mol. The van der Waals surface area contributed by atoms with Crippen LogP contribution in [0.25, 0.3) is 5.82 Å². The van der Waals surface area contributed by atoms with Gasteiger partial charge < -0.3 is 15.8 Å². The van der Waals surface area contributed by atoms with Gasteiger partial charge in [-0.15, -0.1) is 0 Å². The average Bonchev–Trinajstić information content (AvgIpc) is 3.25. The summed E-state index contributed by atoms with van der Waals surface area (Å²) in [5.74, 6) is -3.60. The number of rotatable bonds is 5. The fourth-order valence-corrected chi connectivity index (χ4v) is 3.10. The summed E-state index contributed by atoms with van der Waals surface area (Å²) in [6.45, 7) is 0. The molecule has 0 radical (unpaired) electrons. The van der Waals surface area contributed by atoms with Gasteiger partial charge in [0.05, 0.1) is 18.0 Å². The third-order valence-corrected chi connectivity index (χ3v) is 4.88. The van der Waals surface area contributed by atoms with Gasteiger partial charge in [-0.3, -0.25) is 4.79 Å². The zero-order valence-corrected chi connectivity index (χ0v) is 17.9. The van der Waals surface area contributed by atoms with E-state index in [1.165, 1.54) is 18.3 Å². The highest BCUT2D eigenvalue weighted by atomic mass is 35.5. The van der Waals surface area contributed by atoms with Crippen molar-refractivity contribution in [1.29, 1.82) is 0 Å². The van der Waals surface area contributed by atoms with Crippen LogP contribution < -0.4 is 15.8 Å². The number of amides is 1. The number of anilines is 2. The highest BCUT2D eigenvalue weighted by molar-refractivity contribution is 6.34. The van der Waals surface area contributed by atoms with Crippen molar-refractivity contribution in [3.05, 3.63) is 82.9 Å². The van der Waals surface area contributed by atoms with Crippen molar-refractivity contribution >= 4 is 29.0 Å². The van der Waals surface area contributed by atoms with E-state index in [1.54, 1.807) is 0 Å². The molecular weight excluding hydrogens is 499 g/mol. The Morgan fingerprint density at radius 1 is 1.06 bits per heavy atom. The second kappa shape index (κ2) is 9.18. The predicted octanol–water partition coefficient (Wildman–Crippen LogP) is 5.24. The van der Waals surface area contributed by atoms with E-state index in [2.05, 4.69) is 20.4 Å². The number of pyridine rings is 2. The normalized spacial score (nSPS) is 11.4. The fraction of sp³-hybridized carbons (Fsp3) is 0.0476. The van der Waals surface area contributed by atoms with Gasteiger partial charge in [-0.05, 0) is 24.3 Å². The monoisotopic (exact) mass is 510 g/mol. The molecule has 0 saturated heterocycles. The number of nitrogens with zero attached hydrogens (tertiary/aromatic N) is 4. The summed E-state index contributed by atoms with van der Waals surface area (Å²) in [4.78, 5) is 19.9. The van der Waals surface area contributed by atoms with Gasteiger partial charge in [0.1, 0.15) is 16.7 Å². The molecule has 0 bridgehead atoms. The number of carbonyl (C=O) groups excluding carboxylic acids is 1. The number of nitrogens with one attached hydrogen (secondary N) is 1. The summed E-state index contributed by atoms with van der Waals surface area (Å²) >= 11 is 5.95. The van der Waals surface area contributed by atoms with E-state index < -0.39 is 35.0 Å². The first-order chi connectivity index (χ1) is 16.5. The molecule has 180 valence electrons. The van der Waals surface area contributed by atoms with Crippen LogP contribution in [-0.4, -0.2) is 25.7 Å². The summed E-state index contributed by atoms with van der Waals surface area (Å²) in [6.07, 6.45) is -2.35. The van der Waals surface area contributed by atoms with Crippen LogP contribution in [0, 0.1) is 11.6 Å². The molecule has 0 aliphatic rings. The van der Waals surface area contributed by atoms with E-state index in [9.17, 15) is 26.7 Å². The van der Waals surface area contributed by atoms with E-state index in [0.717, 1.165) is 24.3 Å². The quantitative estimate of drug-likeness (QED) is 0.356. The maximum Gasteiger partial charge on any atom is 0.434 e. The van der Waals surface area contributed by atoms with Crippen molar-refractivity contribution in [3.8, 4) is 17.3 Å². The van der Waals surface area contributed by atoms with E-state index in [1.807, 2.05) is 0 Å². The zero-order valence-electron chi connectivity index (χ0n) is 17.1. The molecule has 0 aliphatic carbocycles. The molecule has 0 unspecified atom stereocenters. The second-order valence-electron chi connectivity index (χ2n) is 6.86. The molecule has 1 amide bonds. The van der Waals surface area contributed by atoms with Gasteiger partial charge in [-0.1, -0.05) is 11.6 Å². The van der Waals surface area contributed by atoms with Crippen molar-refractivity contribution in [2.45, 2.75) is 6.18 Å². The first kappa shape index (κ1) is 23.9. The Labute approximate surface area is 198 Å². The Balaban J connectivity index is 1.60. The van der Waals surface area contributed by atoms with Crippen LogP contribution in [0.2, 0.25) is 5.02 Å². The molecule has 0 spiro atoms. The van der Waals surface area contributed by atoms with Crippen LogP contribution in [-0.2, 0) is 6.18 Å². The minimum absolute atomic E-state index is 0.0199. The molecule has 4 aromatic rings. The third kappa shape index (κ3) is 4.99. The topological polar surface area (TPSA) is 108 Å². The summed E-state index contributed by atoms with van der Waals surface area (Å²) in [6, 6.07) is 6.38. The second-order valence-corrected chi connectivity index (χ2v) is 7.24. The molecule has 14 heteroatoms. The van der Waals surface area contributed by atoms with Gasteiger partial charge in [-0.25, -0.2) is 23.4 Å². The molecule has 35 heavy (non-hydrogen) atoms. The largest absolute Gasteiger partial charge is 0.453 e. The lowest BCUT2D eigenvalue weighted by molar-refractivity contribution is -0.143. The molecular formula is C21H12ClF5N6O2. The number of aromatic nitrogens is 4. The number of nitrogen functional groups attached to an aromatic ring is 1. The molecule has 8 nitrogen and oxygen atoms in total. The number of hydrogen-bond acceptors (Lipinski definition) is 6. The molecule has 0 aliphatic heterocycles. The Morgan fingerprint density at radius 3 is 2.49 bits per heavy atom. The maximum absolute atomic E-state index is 14.5. The Hall–Kier alpha value is -4.26. The lowest BCUT2D eigenvalue weighted by Crippen LogP contribution is -2.21. The van der Waals surface area contributed by atoms with Gasteiger partial charge in [-0.2, -0.15) is 18.3 Å². The van der Waals surface area contributed by atoms with Crippen molar-refractivity contribution < 1.29 is 31.5 Å². The third-order valence-electron chi connectivity index (χ3n) is 4.50. The number of nitrogens with two attached hydrogens (primary N) is 1. The van der Waals surface area contributed by atoms with E-state index in [0.29, 0.717) is 17.1 Å². The molecule has 3 heterocycles. The van der Waals surface area contributed by atoms with Crippen molar-refractivity contribution in [1.82, 2.24) is 19.7 Å². The molecule has 0 fully saturated rings. The molecule has 0 atom stereocenters. The fourth-order valence-electron chi connectivity index (χ4n) is 2.95. The lowest BCUT2D eigenvalue weighted by Gasteiger charge is -2.13. The minimum atomic E-state index is -5.02. The highest BCUT2D eigenvalue weighted by Gasteiger charge is 2.41. The zero-order chi connectivity index (χ0) is 25.3. The molecule has 4 rings (SSSR count). The van der Waals surface area contributed by atoms with Crippen molar-refractivity contribution in [2.24, 2.45) is 0 Å². The Morgan fingerprint density at radius 2 is 1.83 bits per heavy atom. The van der Waals surface area contributed by atoms with Crippen LogP contribution in [0.5, 0.6) is 11.5 Å². The number of benzene rings is 1. The van der Waals surface area contributed by atoms with E-state index in [4.69, 9.17) is 22.1 Å². The molecule has 3 N–H and O–H groups in total. The van der Waals surface area contributed by atoms with Gasteiger partial charge in [0.2, 0.25) is 0 Å². The molecule has 0 saturated carbocycles. The highest BCUT2D eigenvalue weighted by Crippen LogP contribution is 2.35. The Kier molecular flexibility index (Phi) is 6.26. The molecule has 3 aromatic heterocycles. The summed E-state index contributed by atoms with van der Waals surface area (Å²) < 4.78 is 74.6. The van der Waals surface area contributed by atoms with Crippen LogP contribution in [0.15, 0.2) is 55.0 Å². The lowest BCUT2D eigenvalue weighted by atomic mass is 10.2. The van der Waals surface area contributed by atoms with Crippen molar-refractivity contribution in [2.75, 3.05) is 11.1 Å². The van der Waals surface area contributed by atoms with Gasteiger partial charge in [0, 0.05) is 24.0 Å². The summed E-state index contributed by atoms with van der Waals surface area (Å²) in [5.41, 5.74) is 3.09. The summed E-state index contributed by atoms with van der Waals surface area (Å²) in [7, 11) is 0. The first-order valence-electron chi connectivity index (χ1n) is 9.50. The standard InChI is InChI=1S/C21H12ClF5N6O2/c22-17-15(5-6-29-19(17)28)35-14-3-2-11(7-13(14)24)32-20(34)12-9-31-33(18(12)21(25,26)27)16-4-1-10(23)8-30-16/h1-9H,(H2,28,29)(H,32,34). The van der Waals surface area contributed by atoms with E-state index >= 15 is 0 Å². The van der Waals surface area contributed by atoms with E-state index in [-0.39, 0.29) is 33.8 Å². The number of ether oxygens (including phenoxy) is 1. The number of halogens is 6. The first-order valence-corrected chi connectivity index (χ1v) is 9.88.